The fourth-order valence-corrected chi connectivity index (χ4v) is 2.91. The van der Waals surface area contributed by atoms with E-state index >= 15 is 0 Å². The number of hydrogen-bond donors (Lipinski definition) is 2. The molecule has 1 aromatic rings. The van der Waals surface area contributed by atoms with Crippen molar-refractivity contribution in [1.29, 1.82) is 0 Å². The standard InChI is InChI=1S/C15H25N5O/c1-4-5-19-6-8-20(9-7-19)15-13(14(16)18-21)11(2)10-12(3)17-15/h10,21H,4-9H2,1-3H3,(H2,16,18). The molecular weight excluding hydrogens is 266 g/mol. The SMILES string of the molecule is CCCN1CCN(c2nc(C)cc(C)c2C(N)=NO)CC1. The Labute approximate surface area is 126 Å². The molecule has 0 atom stereocenters. The predicted molar refractivity (Wildman–Crippen MR) is 85.2 cm³/mol. The maximum absolute atomic E-state index is 9.03. The minimum atomic E-state index is 0.131. The van der Waals surface area contributed by atoms with Gasteiger partial charge in [0.05, 0.1) is 5.56 Å². The van der Waals surface area contributed by atoms with E-state index in [2.05, 4.69) is 26.9 Å². The van der Waals surface area contributed by atoms with Gasteiger partial charge in [0.1, 0.15) is 5.82 Å². The van der Waals surface area contributed by atoms with Crippen molar-refractivity contribution in [2.24, 2.45) is 10.9 Å². The number of anilines is 1. The number of pyridine rings is 1. The Balaban J connectivity index is 2.27. The molecule has 1 saturated heterocycles. The first kappa shape index (κ1) is 15.6. The molecule has 0 spiro atoms. The number of oxime groups is 1. The molecule has 2 rings (SSSR count). The molecule has 1 aliphatic heterocycles. The molecular formula is C15H25N5O. The number of rotatable bonds is 4. The van der Waals surface area contributed by atoms with Gasteiger partial charge >= 0.3 is 0 Å². The van der Waals surface area contributed by atoms with E-state index in [1.807, 2.05) is 19.9 Å². The molecule has 0 saturated carbocycles. The van der Waals surface area contributed by atoms with E-state index in [0.717, 1.165) is 55.4 Å². The first-order chi connectivity index (χ1) is 10.1. The molecule has 0 radical (unpaired) electrons. The van der Waals surface area contributed by atoms with Gasteiger partial charge in [-0.05, 0) is 38.4 Å². The van der Waals surface area contributed by atoms with Gasteiger partial charge in [-0.3, -0.25) is 4.90 Å². The van der Waals surface area contributed by atoms with Crippen LogP contribution >= 0.6 is 0 Å². The third-order valence-electron chi connectivity index (χ3n) is 3.90. The molecule has 21 heavy (non-hydrogen) atoms. The summed E-state index contributed by atoms with van der Waals surface area (Å²) < 4.78 is 0. The molecule has 6 nitrogen and oxygen atoms in total. The van der Waals surface area contributed by atoms with Crippen molar-refractivity contribution >= 4 is 11.7 Å². The minimum Gasteiger partial charge on any atom is -0.409 e. The highest BCUT2D eigenvalue weighted by Crippen LogP contribution is 2.23. The summed E-state index contributed by atoms with van der Waals surface area (Å²) in [7, 11) is 0. The number of nitrogens with two attached hydrogens (primary N) is 1. The number of amidine groups is 1. The molecule has 1 aromatic heterocycles. The Morgan fingerprint density at radius 1 is 1.33 bits per heavy atom. The highest BCUT2D eigenvalue weighted by Gasteiger charge is 2.22. The second kappa shape index (κ2) is 6.76. The van der Waals surface area contributed by atoms with Gasteiger partial charge in [0.25, 0.3) is 0 Å². The van der Waals surface area contributed by atoms with Crippen molar-refractivity contribution in [2.75, 3.05) is 37.6 Å². The molecule has 1 fully saturated rings. The molecule has 0 bridgehead atoms. The third kappa shape index (κ3) is 3.44. The summed E-state index contributed by atoms with van der Waals surface area (Å²) in [6.07, 6.45) is 1.18. The number of nitrogens with zero attached hydrogens (tertiary/aromatic N) is 4. The average molecular weight is 291 g/mol. The number of hydrogen-bond acceptors (Lipinski definition) is 5. The first-order valence-corrected chi connectivity index (χ1v) is 7.50. The van der Waals surface area contributed by atoms with Crippen molar-refractivity contribution in [3.05, 3.63) is 22.9 Å². The molecule has 0 aliphatic carbocycles. The van der Waals surface area contributed by atoms with Gasteiger partial charge in [0.15, 0.2) is 5.84 Å². The lowest BCUT2D eigenvalue weighted by Crippen LogP contribution is -2.47. The predicted octanol–water partition coefficient (Wildman–Crippen LogP) is 1.32. The average Bonchev–Trinajstić information content (AvgIpc) is 2.47. The van der Waals surface area contributed by atoms with Crippen LogP contribution in [0.1, 0.15) is 30.2 Å². The largest absolute Gasteiger partial charge is 0.409 e. The molecule has 3 N–H and O–H groups in total. The number of aryl methyl sites for hydroxylation is 2. The second-order valence-electron chi connectivity index (χ2n) is 5.59. The summed E-state index contributed by atoms with van der Waals surface area (Å²) in [6.45, 7) is 11.2. The van der Waals surface area contributed by atoms with Crippen molar-refractivity contribution in [2.45, 2.75) is 27.2 Å². The van der Waals surface area contributed by atoms with Gasteiger partial charge in [-0.25, -0.2) is 4.98 Å². The van der Waals surface area contributed by atoms with Crippen LogP contribution in [0.15, 0.2) is 11.2 Å². The van der Waals surface area contributed by atoms with Crippen LogP contribution in [0.3, 0.4) is 0 Å². The van der Waals surface area contributed by atoms with E-state index in [9.17, 15) is 0 Å². The Morgan fingerprint density at radius 3 is 2.57 bits per heavy atom. The Hall–Kier alpha value is -1.82. The Morgan fingerprint density at radius 2 is 2.00 bits per heavy atom. The zero-order valence-electron chi connectivity index (χ0n) is 13.1. The van der Waals surface area contributed by atoms with Gasteiger partial charge in [-0.2, -0.15) is 0 Å². The van der Waals surface area contributed by atoms with Crippen LogP contribution in [-0.2, 0) is 0 Å². The quantitative estimate of drug-likeness (QED) is 0.379. The molecule has 1 aliphatic rings. The van der Waals surface area contributed by atoms with Crippen molar-refractivity contribution < 1.29 is 5.21 Å². The van der Waals surface area contributed by atoms with E-state index in [1.165, 1.54) is 6.42 Å². The molecule has 6 heteroatoms. The van der Waals surface area contributed by atoms with Crippen molar-refractivity contribution in [3.63, 3.8) is 0 Å². The molecule has 0 unspecified atom stereocenters. The van der Waals surface area contributed by atoms with Crippen LogP contribution in [0.25, 0.3) is 0 Å². The maximum Gasteiger partial charge on any atom is 0.174 e. The summed E-state index contributed by atoms with van der Waals surface area (Å²) in [6, 6.07) is 1.96. The highest BCUT2D eigenvalue weighted by atomic mass is 16.4. The van der Waals surface area contributed by atoms with Crippen LogP contribution in [-0.4, -0.2) is 53.7 Å². The second-order valence-corrected chi connectivity index (χ2v) is 5.59. The van der Waals surface area contributed by atoms with E-state index < -0.39 is 0 Å². The summed E-state index contributed by atoms with van der Waals surface area (Å²) in [5.41, 5.74) is 8.53. The lowest BCUT2D eigenvalue weighted by molar-refractivity contribution is 0.258. The summed E-state index contributed by atoms with van der Waals surface area (Å²) in [4.78, 5) is 9.33. The fraction of sp³-hybridized carbons (Fsp3) is 0.600. The molecule has 0 amide bonds. The summed E-state index contributed by atoms with van der Waals surface area (Å²) >= 11 is 0. The summed E-state index contributed by atoms with van der Waals surface area (Å²) in [5, 5.41) is 12.2. The van der Waals surface area contributed by atoms with Crippen LogP contribution in [0.4, 0.5) is 5.82 Å². The zero-order valence-corrected chi connectivity index (χ0v) is 13.1. The van der Waals surface area contributed by atoms with E-state index in [4.69, 9.17) is 10.9 Å². The Kier molecular flexibility index (Phi) is 5.01. The van der Waals surface area contributed by atoms with Crippen LogP contribution in [0.2, 0.25) is 0 Å². The molecule has 116 valence electrons. The van der Waals surface area contributed by atoms with Crippen molar-refractivity contribution in [3.8, 4) is 0 Å². The van der Waals surface area contributed by atoms with Gasteiger partial charge in [-0.1, -0.05) is 12.1 Å². The van der Waals surface area contributed by atoms with E-state index in [0.29, 0.717) is 0 Å². The molecule has 2 heterocycles. The van der Waals surface area contributed by atoms with Crippen LogP contribution in [0, 0.1) is 13.8 Å². The smallest absolute Gasteiger partial charge is 0.174 e. The topological polar surface area (TPSA) is 78.0 Å². The van der Waals surface area contributed by atoms with Gasteiger partial charge in [0.2, 0.25) is 0 Å². The number of aromatic nitrogens is 1. The Bertz CT molecular complexity index is 521. The van der Waals surface area contributed by atoms with E-state index in [-0.39, 0.29) is 5.84 Å². The molecule has 0 aromatic carbocycles. The van der Waals surface area contributed by atoms with E-state index in [1.54, 1.807) is 0 Å². The fourth-order valence-electron chi connectivity index (χ4n) is 2.91. The van der Waals surface area contributed by atoms with Gasteiger partial charge in [-0.15, -0.1) is 0 Å². The highest BCUT2D eigenvalue weighted by molar-refractivity contribution is 6.02. The van der Waals surface area contributed by atoms with Crippen LogP contribution in [0.5, 0.6) is 0 Å². The van der Waals surface area contributed by atoms with Gasteiger partial charge in [0, 0.05) is 31.9 Å². The number of piperazine rings is 1. The maximum atomic E-state index is 9.03. The first-order valence-electron chi connectivity index (χ1n) is 7.50. The lowest BCUT2D eigenvalue weighted by atomic mass is 10.1. The minimum absolute atomic E-state index is 0.131. The lowest BCUT2D eigenvalue weighted by Gasteiger charge is -2.36. The zero-order chi connectivity index (χ0) is 15.4. The normalized spacial score (nSPS) is 17.3. The van der Waals surface area contributed by atoms with Crippen molar-refractivity contribution in [1.82, 2.24) is 9.88 Å². The van der Waals surface area contributed by atoms with Crippen LogP contribution < -0.4 is 10.6 Å². The van der Waals surface area contributed by atoms with Gasteiger partial charge < -0.3 is 15.8 Å². The third-order valence-corrected chi connectivity index (χ3v) is 3.90. The summed E-state index contributed by atoms with van der Waals surface area (Å²) in [5.74, 6) is 0.963. The monoisotopic (exact) mass is 291 g/mol.